The number of rotatable bonds is 7. The highest BCUT2D eigenvalue weighted by molar-refractivity contribution is 7.06. The fourth-order valence-electron chi connectivity index (χ4n) is 3.01. The van der Waals surface area contributed by atoms with Crippen molar-refractivity contribution in [1.29, 1.82) is 0 Å². The maximum Gasteiger partial charge on any atom is 0.427 e. The fourth-order valence-corrected chi connectivity index (χ4v) is 3.77. The van der Waals surface area contributed by atoms with Gasteiger partial charge in [0.15, 0.2) is 17.4 Å². The molecule has 0 amide bonds. The lowest BCUT2D eigenvalue weighted by atomic mass is 10.0. The van der Waals surface area contributed by atoms with Gasteiger partial charge in [0.1, 0.15) is 23.1 Å². The Morgan fingerprint density at radius 3 is 2.27 bits per heavy atom. The maximum absolute atomic E-state index is 14.4. The second-order valence-corrected chi connectivity index (χ2v) is 7.85. The molecule has 1 N–H and O–H groups in total. The molecule has 4 nitrogen and oxygen atoms in total. The number of aliphatic carboxylic acids is 1. The molecule has 0 radical (unpaired) electrons. The third-order valence-corrected chi connectivity index (χ3v) is 5.55. The third-order valence-electron chi connectivity index (χ3n) is 4.61. The van der Waals surface area contributed by atoms with Gasteiger partial charge in [0.2, 0.25) is 0 Å². The molecule has 33 heavy (non-hydrogen) atoms. The van der Waals surface area contributed by atoms with Crippen LogP contribution in [0.3, 0.4) is 0 Å². The van der Waals surface area contributed by atoms with Crippen molar-refractivity contribution in [2.75, 3.05) is 0 Å². The number of benzene rings is 2. The summed E-state index contributed by atoms with van der Waals surface area (Å²) >= 11 is -0.0122. The molecule has 3 rings (SSSR count). The standard InChI is InChI=1S/C21H14F7NO3S/c1-9(20(30)31)4-10-5-15(24)18(16(25)6-10)32-8-13-17(29-33-19(13)21(26,27)28)12-3-2-11(22)7-14(12)23/h2-3,5-7,9H,4,8H2,1H3,(H,30,31). The van der Waals surface area contributed by atoms with Crippen LogP contribution < -0.4 is 4.74 Å². The molecule has 0 bridgehead atoms. The minimum atomic E-state index is -4.92. The second-order valence-electron chi connectivity index (χ2n) is 7.08. The number of carboxylic acid groups (broad SMARTS) is 1. The summed E-state index contributed by atoms with van der Waals surface area (Å²) in [5.41, 5.74) is -1.62. The van der Waals surface area contributed by atoms with Gasteiger partial charge in [-0.15, -0.1) is 0 Å². The molecule has 0 fully saturated rings. The van der Waals surface area contributed by atoms with Gasteiger partial charge in [0.25, 0.3) is 0 Å². The average Bonchev–Trinajstić information content (AvgIpc) is 3.11. The molecule has 1 heterocycles. The quantitative estimate of drug-likeness (QED) is 0.397. The number of alkyl halides is 3. The first-order chi connectivity index (χ1) is 15.4. The van der Waals surface area contributed by atoms with Crippen LogP contribution in [0, 0.1) is 29.2 Å². The topological polar surface area (TPSA) is 59.4 Å². The first kappa shape index (κ1) is 24.5. The van der Waals surface area contributed by atoms with Crippen LogP contribution in [0.1, 0.15) is 22.9 Å². The van der Waals surface area contributed by atoms with Gasteiger partial charge in [0, 0.05) is 17.2 Å². The van der Waals surface area contributed by atoms with E-state index in [1.165, 1.54) is 6.92 Å². The molecule has 3 aromatic rings. The molecule has 2 aromatic carbocycles. The van der Waals surface area contributed by atoms with E-state index in [-0.39, 0.29) is 23.5 Å². The van der Waals surface area contributed by atoms with E-state index in [4.69, 9.17) is 9.84 Å². The van der Waals surface area contributed by atoms with Crippen molar-refractivity contribution < 1.29 is 45.4 Å². The fraction of sp³-hybridized carbons (Fsp3) is 0.238. The van der Waals surface area contributed by atoms with Gasteiger partial charge >= 0.3 is 12.1 Å². The molecule has 0 aliphatic rings. The van der Waals surface area contributed by atoms with Crippen molar-refractivity contribution in [2.24, 2.45) is 5.92 Å². The molecule has 0 saturated heterocycles. The SMILES string of the molecule is CC(Cc1cc(F)c(OCc2c(-c3ccc(F)cc3F)nsc2C(F)(F)F)c(F)c1)C(=O)O. The highest BCUT2D eigenvalue weighted by Crippen LogP contribution is 2.41. The lowest BCUT2D eigenvalue weighted by Crippen LogP contribution is -2.13. The number of halogens is 7. The number of ether oxygens (including phenoxy) is 1. The number of nitrogens with zero attached hydrogens (tertiary/aromatic N) is 1. The van der Waals surface area contributed by atoms with Gasteiger partial charge in [0.05, 0.1) is 11.6 Å². The van der Waals surface area contributed by atoms with Gasteiger partial charge < -0.3 is 9.84 Å². The number of hydrogen-bond acceptors (Lipinski definition) is 4. The van der Waals surface area contributed by atoms with E-state index in [1.807, 2.05) is 0 Å². The molecule has 1 unspecified atom stereocenters. The summed E-state index contributed by atoms with van der Waals surface area (Å²) in [4.78, 5) is 9.65. The van der Waals surface area contributed by atoms with Crippen molar-refractivity contribution >= 4 is 17.5 Å². The lowest BCUT2D eigenvalue weighted by molar-refractivity contribution is -0.141. The van der Waals surface area contributed by atoms with Crippen molar-refractivity contribution in [3.05, 3.63) is 69.6 Å². The predicted molar refractivity (Wildman–Crippen MR) is 104 cm³/mol. The van der Waals surface area contributed by atoms with Gasteiger partial charge in [-0.05, 0) is 47.8 Å². The average molecular weight is 493 g/mol. The highest BCUT2D eigenvalue weighted by Gasteiger charge is 2.38. The van der Waals surface area contributed by atoms with E-state index in [9.17, 15) is 35.5 Å². The summed E-state index contributed by atoms with van der Waals surface area (Å²) in [6.07, 6.45) is -5.11. The van der Waals surface area contributed by atoms with Gasteiger partial charge in [-0.2, -0.15) is 17.5 Å². The van der Waals surface area contributed by atoms with E-state index >= 15 is 0 Å². The van der Waals surface area contributed by atoms with Crippen molar-refractivity contribution in [1.82, 2.24) is 4.37 Å². The molecule has 0 aliphatic heterocycles. The number of carboxylic acids is 1. The Labute approximate surface area is 186 Å². The molecular formula is C21H14F7NO3S. The first-order valence-electron chi connectivity index (χ1n) is 9.23. The summed E-state index contributed by atoms with van der Waals surface area (Å²) in [5.74, 6) is -7.75. The van der Waals surface area contributed by atoms with E-state index in [0.717, 1.165) is 24.3 Å². The summed E-state index contributed by atoms with van der Waals surface area (Å²) in [6.45, 7) is 0.317. The van der Waals surface area contributed by atoms with Crippen LogP contribution in [0.4, 0.5) is 30.7 Å². The largest absolute Gasteiger partial charge is 0.483 e. The Bertz CT molecular complexity index is 1170. The van der Waals surface area contributed by atoms with E-state index in [2.05, 4.69) is 4.37 Å². The van der Waals surface area contributed by atoms with Gasteiger partial charge in [-0.3, -0.25) is 4.79 Å². The monoisotopic (exact) mass is 493 g/mol. The number of aromatic nitrogens is 1. The zero-order valence-corrected chi connectivity index (χ0v) is 17.5. The van der Waals surface area contributed by atoms with Crippen LogP contribution in [0.25, 0.3) is 11.3 Å². The van der Waals surface area contributed by atoms with E-state index in [1.54, 1.807) is 0 Å². The zero-order valence-electron chi connectivity index (χ0n) is 16.6. The van der Waals surface area contributed by atoms with Crippen molar-refractivity contribution in [2.45, 2.75) is 26.1 Å². The van der Waals surface area contributed by atoms with Crippen LogP contribution in [0.15, 0.2) is 30.3 Å². The molecule has 1 atom stereocenters. The van der Waals surface area contributed by atoms with E-state index in [0.29, 0.717) is 6.07 Å². The Balaban J connectivity index is 1.95. The molecular weight excluding hydrogens is 479 g/mol. The Morgan fingerprint density at radius 2 is 1.73 bits per heavy atom. The summed E-state index contributed by atoms with van der Waals surface area (Å²) in [7, 11) is 0. The maximum atomic E-state index is 14.4. The number of hydrogen-bond donors (Lipinski definition) is 1. The Morgan fingerprint density at radius 1 is 1.09 bits per heavy atom. The lowest BCUT2D eigenvalue weighted by Gasteiger charge is -2.13. The predicted octanol–water partition coefficient (Wildman–Crippen LogP) is 6.23. The first-order valence-corrected chi connectivity index (χ1v) is 10.0. The highest BCUT2D eigenvalue weighted by atomic mass is 32.1. The smallest absolute Gasteiger partial charge is 0.427 e. The molecule has 0 saturated carbocycles. The minimum absolute atomic E-state index is 0.00880. The molecule has 12 heteroatoms. The van der Waals surface area contributed by atoms with Crippen molar-refractivity contribution in [3.8, 4) is 17.0 Å². The van der Waals surface area contributed by atoms with E-state index < -0.39 is 75.4 Å². The Hall–Kier alpha value is -3.15. The van der Waals surface area contributed by atoms with Crippen LogP contribution in [0.2, 0.25) is 0 Å². The molecule has 0 spiro atoms. The van der Waals surface area contributed by atoms with Crippen molar-refractivity contribution in [3.63, 3.8) is 0 Å². The Kier molecular flexibility index (Phi) is 6.96. The van der Waals surface area contributed by atoms with Crippen LogP contribution in [0.5, 0.6) is 5.75 Å². The van der Waals surface area contributed by atoms with Crippen LogP contribution in [-0.4, -0.2) is 15.4 Å². The van der Waals surface area contributed by atoms with Gasteiger partial charge in [-0.25, -0.2) is 17.6 Å². The van der Waals surface area contributed by atoms with Gasteiger partial charge in [-0.1, -0.05) is 6.92 Å². The number of carbonyl (C=O) groups is 1. The normalized spacial score (nSPS) is 12.6. The molecule has 176 valence electrons. The summed E-state index contributed by atoms with van der Waals surface area (Å²) in [6, 6.07) is 3.81. The second kappa shape index (κ2) is 9.38. The summed E-state index contributed by atoms with van der Waals surface area (Å²) in [5, 5.41) is 8.92. The zero-order chi connectivity index (χ0) is 24.5. The molecule has 0 aliphatic carbocycles. The van der Waals surface area contributed by atoms with Crippen LogP contribution in [-0.2, 0) is 24.0 Å². The minimum Gasteiger partial charge on any atom is -0.483 e. The third kappa shape index (κ3) is 5.44. The van der Waals surface area contributed by atoms with Crippen LogP contribution >= 0.6 is 11.5 Å². The summed E-state index contributed by atoms with van der Waals surface area (Å²) < 4.78 is 105. The molecule has 1 aromatic heterocycles.